The maximum atomic E-state index is 6.21. The summed E-state index contributed by atoms with van der Waals surface area (Å²) in [4.78, 5) is 9.70. The van der Waals surface area contributed by atoms with Gasteiger partial charge < -0.3 is 4.90 Å². The molecule has 1 atom stereocenters. The molecule has 1 aliphatic heterocycles. The van der Waals surface area contributed by atoms with E-state index in [-0.39, 0.29) is 6.04 Å². The molecule has 1 aliphatic rings. The van der Waals surface area contributed by atoms with E-state index in [0.29, 0.717) is 6.54 Å². The van der Waals surface area contributed by atoms with Gasteiger partial charge in [-0.15, -0.1) is 5.10 Å². The van der Waals surface area contributed by atoms with Gasteiger partial charge in [0.25, 0.3) is 0 Å². The van der Waals surface area contributed by atoms with Crippen molar-refractivity contribution in [1.82, 2.24) is 30.1 Å². The highest BCUT2D eigenvalue weighted by Gasteiger charge is 2.31. The van der Waals surface area contributed by atoms with Crippen LogP contribution >= 0.6 is 22.9 Å². The number of aromatic nitrogens is 5. The third-order valence-electron chi connectivity index (χ3n) is 6.40. The van der Waals surface area contributed by atoms with Crippen LogP contribution in [0.5, 0.6) is 0 Å². The maximum Gasteiger partial charge on any atom is 0.186 e. The Morgan fingerprint density at radius 1 is 0.857 bits per heavy atom. The molecule has 9 heteroatoms. The number of halogens is 1. The predicted molar refractivity (Wildman–Crippen MR) is 140 cm³/mol. The van der Waals surface area contributed by atoms with E-state index >= 15 is 0 Å². The summed E-state index contributed by atoms with van der Waals surface area (Å²) in [6.07, 6.45) is 0. The molecule has 0 aliphatic carbocycles. The lowest BCUT2D eigenvalue weighted by molar-refractivity contribution is 0.201. The molecule has 0 spiro atoms. The molecule has 2 aromatic heterocycles. The monoisotopic (exact) mass is 501 g/mol. The van der Waals surface area contributed by atoms with E-state index in [0.717, 1.165) is 58.8 Å². The van der Waals surface area contributed by atoms with E-state index in [2.05, 4.69) is 67.8 Å². The molecule has 176 valence electrons. The smallest absolute Gasteiger partial charge is 0.186 e. The zero-order chi connectivity index (χ0) is 23.6. The molecule has 6 rings (SSSR count). The van der Waals surface area contributed by atoms with Crippen LogP contribution in [-0.2, 0) is 6.54 Å². The molecule has 0 saturated carbocycles. The Morgan fingerprint density at radius 3 is 2.37 bits per heavy atom. The Balaban J connectivity index is 1.27. The van der Waals surface area contributed by atoms with Gasteiger partial charge in [0.1, 0.15) is 0 Å². The molecule has 0 bridgehead atoms. The largest absolute Gasteiger partial charge is 0.345 e. The first-order valence-corrected chi connectivity index (χ1v) is 12.8. The van der Waals surface area contributed by atoms with E-state index in [9.17, 15) is 0 Å². The number of para-hydroxylation sites is 1. The van der Waals surface area contributed by atoms with Crippen molar-refractivity contribution < 1.29 is 0 Å². The Bertz CT molecular complexity index is 1380. The van der Waals surface area contributed by atoms with Gasteiger partial charge in [0, 0.05) is 31.2 Å². The number of rotatable bonds is 6. The highest BCUT2D eigenvalue weighted by Crippen LogP contribution is 2.32. The normalized spacial score (nSPS) is 15.5. The van der Waals surface area contributed by atoms with E-state index in [1.54, 1.807) is 11.3 Å². The molecule has 0 radical (unpaired) electrons. The van der Waals surface area contributed by atoms with Gasteiger partial charge in [-0.3, -0.25) is 4.90 Å². The Kier molecular flexibility index (Phi) is 6.16. The number of nitrogens with zero attached hydrogens (tertiary/aromatic N) is 7. The van der Waals surface area contributed by atoms with Crippen molar-refractivity contribution in [2.75, 3.05) is 31.1 Å². The first-order valence-electron chi connectivity index (χ1n) is 11.6. The van der Waals surface area contributed by atoms with Crippen molar-refractivity contribution >= 4 is 38.3 Å². The number of anilines is 1. The van der Waals surface area contributed by atoms with Gasteiger partial charge >= 0.3 is 0 Å². The van der Waals surface area contributed by atoms with Gasteiger partial charge in [-0.25, -0.2) is 9.67 Å². The van der Waals surface area contributed by atoms with Crippen LogP contribution in [0.3, 0.4) is 0 Å². The lowest BCUT2D eigenvalue weighted by Gasteiger charge is -2.38. The van der Waals surface area contributed by atoms with Crippen LogP contribution < -0.4 is 4.90 Å². The third-order valence-corrected chi connectivity index (χ3v) is 7.75. The zero-order valence-corrected chi connectivity index (χ0v) is 20.6. The van der Waals surface area contributed by atoms with Gasteiger partial charge in [0.2, 0.25) is 0 Å². The summed E-state index contributed by atoms with van der Waals surface area (Å²) in [5, 5.41) is 14.7. The molecule has 0 N–H and O–H groups in total. The maximum absolute atomic E-state index is 6.21. The second kappa shape index (κ2) is 9.73. The number of thiazole rings is 1. The summed E-state index contributed by atoms with van der Waals surface area (Å²) >= 11 is 7.97. The number of piperazine rings is 1. The standard InChI is InChI=1S/C26H24ClN7S/c27-21-12-10-20(11-13-21)24(25-29-30-31-34(25)18-19-6-2-1-3-7-19)32-14-16-33(17-15-32)26-28-22-8-4-5-9-23(22)35-26/h1-13,24H,14-18H2/t24-/m0/s1. The number of tetrazole rings is 1. The Morgan fingerprint density at radius 2 is 1.60 bits per heavy atom. The quantitative estimate of drug-likeness (QED) is 0.330. The zero-order valence-electron chi connectivity index (χ0n) is 19.0. The first-order chi connectivity index (χ1) is 17.2. The Hall–Kier alpha value is -3.33. The summed E-state index contributed by atoms with van der Waals surface area (Å²) in [6.45, 7) is 4.16. The number of hydrogen-bond donors (Lipinski definition) is 0. The molecular formula is C26H24ClN7S. The van der Waals surface area contributed by atoms with E-state index in [1.165, 1.54) is 4.70 Å². The van der Waals surface area contributed by atoms with Gasteiger partial charge in [0.05, 0.1) is 22.8 Å². The summed E-state index contributed by atoms with van der Waals surface area (Å²) in [5.74, 6) is 0.838. The van der Waals surface area contributed by atoms with Crippen molar-refractivity contribution in [3.8, 4) is 0 Å². The summed E-state index contributed by atoms with van der Waals surface area (Å²) < 4.78 is 3.14. The fourth-order valence-electron chi connectivity index (χ4n) is 4.61. The van der Waals surface area contributed by atoms with Crippen LogP contribution in [0.15, 0.2) is 78.9 Å². The fourth-order valence-corrected chi connectivity index (χ4v) is 5.75. The van der Waals surface area contributed by atoms with Crippen LogP contribution in [-0.4, -0.2) is 56.3 Å². The molecule has 35 heavy (non-hydrogen) atoms. The van der Waals surface area contributed by atoms with Crippen LogP contribution in [0.25, 0.3) is 10.2 Å². The molecule has 7 nitrogen and oxygen atoms in total. The van der Waals surface area contributed by atoms with Gasteiger partial charge in [0.15, 0.2) is 11.0 Å². The average Bonchev–Trinajstić information content (AvgIpc) is 3.54. The van der Waals surface area contributed by atoms with Crippen LogP contribution in [0, 0.1) is 0 Å². The first kappa shape index (κ1) is 22.2. The highest BCUT2D eigenvalue weighted by atomic mass is 35.5. The predicted octanol–water partition coefficient (Wildman–Crippen LogP) is 4.90. The number of benzene rings is 3. The lowest BCUT2D eigenvalue weighted by Crippen LogP contribution is -2.48. The summed E-state index contributed by atoms with van der Waals surface area (Å²) in [6, 6.07) is 26.6. The minimum absolute atomic E-state index is 0.0662. The van der Waals surface area contributed by atoms with Crippen molar-refractivity contribution in [3.63, 3.8) is 0 Å². The van der Waals surface area contributed by atoms with Gasteiger partial charge in [-0.2, -0.15) is 0 Å². The number of fused-ring (bicyclic) bond motifs is 1. The Labute approximate surface area is 212 Å². The van der Waals surface area contributed by atoms with E-state index < -0.39 is 0 Å². The second-order valence-electron chi connectivity index (χ2n) is 8.62. The topological polar surface area (TPSA) is 63.0 Å². The van der Waals surface area contributed by atoms with E-state index in [1.807, 2.05) is 41.1 Å². The number of hydrogen-bond acceptors (Lipinski definition) is 7. The highest BCUT2D eigenvalue weighted by molar-refractivity contribution is 7.22. The molecule has 3 aromatic carbocycles. The van der Waals surface area contributed by atoms with Crippen molar-refractivity contribution in [1.29, 1.82) is 0 Å². The molecule has 0 unspecified atom stereocenters. The minimum Gasteiger partial charge on any atom is -0.345 e. The molecule has 1 saturated heterocycles. The third kappa shape index (κ3) is 4.65. The molecule has 0 amide bonds. The second-order valence-corrected chi connectivity index (χ2v) is 10.1. The summed E-state index contributed by atoms with van der Waals surface area (Å²) in [7, 11) is 0. The molecular weight excluding hydrogens is 478 g/mol. The van der Waals surface area contributed by atoms with Crippen molar-refractivity contribution in [2.24, 2.45) is 0 Å². The summed E-state index contributed by atoms with van der Waals surface area (Å²) in [5.41, 5.74) is 3.36. The van der Waals surface area contributed by atoms with Crippen LogP contribution in [0.4, 0.5) is 5.13 Å². The van der Waals surface area contributed by atoms with Crippen LogP contribution in [0.2, 0.25) is 5.02 Å². The minimum atomic E-state index is -0.0662. The van der Waals surface area contributed by atoms with Crippen LogP contribution in [0.1, 0.15) is 23.0 Å². The average molecular weight is 502 g/mol. The molecule has 5 aromatic rings. The molecule has 3 heterocycles. The SMILES string of the molecule is Clc1ccc([C@@H](c2nnnn2Cc2ccccc2)N2CCN(c3nc4ccccc4s3)CC2)cc1. The fraction of sp³-hybridized carbons (Fsp3) is 0.231. The van der Waals surface area contributed by atoms with Gasteiger partial charge in [-0.1, -0.05) is 77.5 Å². The van der Waals surface area contributed by atoms with Crippen molar-refractivity contribution in [3.05, 3.63) is 101 Å². The van der Waals surface area contributed by atoms with E-state index in [4.69, 9.17) is 16.6 Å². The van der Waals surface area contributed by atoms with Crippen molar-refractivity contribution in [2.45, 2.75) is 12.6 Å². The van der Waals surface area contributed by atoms with Gasteiger partial charge in [-0.05, 0) is 45.8 Å². The lowest BCUT2D eigenvalue weighted by atomic mass is 10.0. The molecule has 1 fully saturated rings.